The van der Waals surface area contributed by atoms with Crippen LogP contribution in [0.15, 0.2) is 24.3 Å². The van der Waals surface area contributed by atoms with E-state index < -0.39 is 0 Å². The van der Waals surface area contributed by atoms with Gasteiger partial charge in [-0.05, 0) is 37.8 Å². The third kappa shape index (κ3) is 3.61. The molecule has 0 bridgehead atoms. The molecule has 1 saturated carbocycles. The highest BCUT2D eigenvalue weighted by molar-refractivity contribution is 5.80. The summed E-state index contributed by atoms with van der Waals surface area (Å²) in [6.45, 7) is 1.82. The average Bonchev–Trinajstić information content (AvgIpc) is 3.01. The van der Waals surface area contributed by atoms with E-state index in [2.05, 4.69) is 16.3 Å². The summed E-state index contributed by atoms with van der Waals surface area (Å²) < 4.78 is 5.46. The van der Waals surface area contributed by atoms with Gasteiger partial charge in [-0.2, -0.15) is 0 Å². The van der Waals surface area contributed by atoms with Gasteiger partial charge in [0.2, 0.25) is 5.91 Å². The molecule has 3 N–H and O–H groups in total. The summed E-state index contributed by atoms with van der Waals surface area (Å²) in [6.07, 6.45) is 5.06. The zero-order valence-corrected chi connectivity index (χ0v) is 13.8. The molecule has 0 spiro atoms. The van der Waals surface area contributed by atoms with E-state index in [1.807, 2.05) is 18.2 Å². The molecule has 1 amide bonds. The summed E-state index contributed by atoms with van der Waals surface area (Å²) in [6, 6.07) is 8.29. The van der Waals surface area contributed by atoms with Crippen LogP contribution in [0.1, 0.15) is 32.1 Å². The van der Waals surface area contributed by atoms with Crippen molar-refractivity contribution in [2.24, 2.45) is 11.7 Å². The number of hydrogen-bond acceptors (Lipinski definition) is 4. The number of methoxy groups -OCH3 is 1. The second-order valence-electron chi connectivity index (χ2n) is 6.67. The molecule has 0 radical (unpaired) electrons. The van der Waals surface area contributed by atoms with Gasteiger partial charge in [-0.1, -0.05) is 18.6 Å². The van der Waals surface area contributed by atoms with Gasteiger partial charge in [0, 0.05) is 25.2 Å². The molecular formula is C18H27N3O2. The predicted octanol–water partition coefficient (Wildman–Crippen LogP) is 1.91. The van der Waals surface area contributed by atoms with E-state index >= 15 is 0 Å². The standard InChI is InChI=1S/C18H27N3O2/c1-23-17-10-3-2-9-16(17)21-11-5-6-13(12-21)20-18(22)14-7-4-8-15(14)19/h2-3,9-10,13-15H,4-8,11-12,19H2,1H3,(H,20,22)/t13-,14-,15-/m0/s1. The number of nitrogens with zero attached hydrogens (tertiary/aromatic N) is 1. The number of nitrogens with one attached hydrogen (secondary N) is 1. The van der Waals surface area contributed by atoms with Gasteiger partial charge in [0.05, 0.1) is 18.7 Å². The monoisotopic (exact) mass is 317 g/mol. The molecule has 1 aliphatic carbocycles. The topological polar surface area (TPSA) is 67.6 Å². The van der Waals surface area contributed by atoms with E-state index in [9.17, 15) is 4.79 Å². The first-order chi connectivity index (χ1) is 11.2. The Morgan fingerprint density at radius 3 is 2.83 bits per heavy atom. The number of ether oxygens (including phenoxy) is 1. The fraction of sp³-hybridized carbons (Fsp3) is 0.611. The SMILES string of the molecule is COc1ccccc1N1CCC[C@H](NC(=O)[C@H]2CCC[C@@H]2N)C1. The molecule has 1 saturated heterocycles. The number of piperidine rings is 1. The van der Waals surface area contributed by atoms with Crippen LogP contribution in [0, 0.1) is 5.92 Å². The molecule has 1 aromatic rings. The van der Waals surface area contributed by atoms with Crippen LogP contribution in [-0.4, -0.2) is 38.2 Å². The first-order valence-corrected chi connectivity index (χ1v) is 8.63. The fourth-order valence-electron chi connectivity index (χ4n) is 3.83. The molecule has 2 fully saturated rings. The summed E-state index contributed by atoms with van der Waals surface area (Å²) in [5.41, 5.74) is 7.16. The van der Waals surface area contributed by atoms with Crippen molar-refractivity contribution >= 4 is 11.6 Å². The van der Waals surface area contributed by atoms with Crippen molar-refractivity contribution in [3.63, 3.8) is 0 Å². The molecule has 3 atom stereocenters. The van der Waals surface area contributed by atoms with E-state index in [4.69, 9.17) is 10.5 Å². The number of nitrogens with two attached hydrogens (primary N) is 1. The minimum atomic E-state index is -0.00311. The molecule has 5 nitrogen and oxygen atoms in total. The Morgan fingerprint density at radius 2 is 2.09 bits per heavy atom. The first-order valence-electron chi connectivity index (χ1n) is 8.63. The van der Waals surface area contributed by atoms with Gasteiger partial charge in [0.25, 0.3) is 0 Å². The van der Waals surface area contributed by atoms with Gasteiger partial charge in [-0.15, -0.1) is 0 Å². The molecule has 23 heavy (non-hydrogen) atoms. The van der Waals surface area contributed by atoms with Gasteiger partial charge in [-0.25, -0.2) is 0 Å². The first kappa shape index (κ1) is 16.1. The maximum absolute atomic E-state index is 12.5. The predicted molar refractivity (Wildman–Crippen MR) is 91.7 cm³/mol. The van der Waals surface area contributed by atoms with Crippen LogP contribution in [0.25, 0.3) is 0 Å². The van der Waals surface area contributed by atoms with Crippen molar-refractivity contribution < 1.29 is 9.53 Å². The second-order valence-corrected chi connectivity index (χ2v) is 6.67. The van der Waals surface area contributed by atoms with E-state index in [0.717, 1.165) is 56.6 Å². The van der Waals surface area contributed by atoms with E-state index in [0.29, 0.717) is 0 Å². The van der Waals surface area contributed by atoms with Gasteiger partial charge in [0.15, 0.2) is 0 Å². The van der Waals surface area contributed by atoms with Crippen LogP contribution in [0.5, 0.6) is 5.75 Å². The highest BCUT2D eigenvalue weighted by Crippen LogP contribution is 2.30. The lowest BCUT2D eigenvalue weighted by molar-refractivity contribution is -0.125. The number of carbonyl (C=O) groups excluding carboxylic acids is 1. The Morgan fingerprint density at radius 1 is 1.26 bits per heavy atom. The average molecular weight is 317 g/mol. The lowest BCUT2D eigenvalue weighted by Crippen LogP contribution is -2.50. The highest BCUT2D eigenvalue weighted by Gasteiger charge is 2.32. The number of benzene rings is 1. The zero-order chi connectivity index (χ0) is 16.2. The number of rotatable bonds is 4. The third-order valence-corrected chi connectivity index (χ3v) is 5.10. The summed E-state index contributed by atoms with van der Waals surface area (Å²) >= 11 is 0. The van der Waals surface area contributed by atoms with Crippen molar-refractivity contribution in [1.82, 2.24) is 5.32 Å². The lowest BCUT2D eigenvalue weighted by Gasteiger charge is -2.36. The number of carbonyl (C=O) groups is 1. The van der Waals surface area contributed by atoms with Crippen molar-refractivity contribution in [3.05, 3.63) is 24.3 Å². The Kier molecular flexibility index (Phi) is 5.06. The quantitative estimate of drug-likeness (QED) is 0.890. The number of anilines is 1. The summed E-state index contributed by atoms with van der Waals surface area (Å²) in [5.74, 6) is 1.02. The number of hydrogen-bond donors (Lipinski definition) is 2. The van der Waals surface area contributed by atoms with E-state index in [1.54, 1.807) is 7.11 Å². The zero-order valence-electron chi connectivity index (χ0n) is 13.8. The van der Waals surface area contributed by atoms with E-state index in [1.165, 1.54) is 0 Å². The fourth-order valence-corrected chi connectivity index (χ4v) is 3.83. The minimum absolute atomic E-state index is 0.00311. The minimum Gasteiger partial charge on any atom is -0.495 e. The lowest BCUT2D eigenvalue weighted by atomic mass is 10.0. The normalized spacial score (nSPS) is 27.7. The molecule has 5 heteroatoms. The van der Waals surface area contributed by atoms with Crippen molar-refractivity contribution in [3.8, 4) is 5.75 Å². The van der Waals surface area contributed by atoms with Gasteiger partial charge < -0.3 is 20.7 Å². The smallest absolute Gasteiger partial charge is 0.224 e. The molecule has 0 unspecified atom stereocenters. The summed E-state index contributed by atoms with van der Waals surface area (Å²) in [5, 5.41) is 3.23. The van der Waals surface area contributed by atoms with Crippen molar-refractivity contribution in [2.75, 3.05) is 25.1 Å². The Hall–Kier alpha value is -1.75. The molecule has 3 rings (SSSR count). The van der Waals surface area contributed by atoms with Crippen LogP contribution in [0.2, 0.25) is 0 Å². The summed E-state index contributed by atoms with van der Waals surface area (Å²) in [7, 11) is 1.70. The van der Waals surface area contributed by atoms with Crippen LogP contribution in [-0.2, 0) is 4.79 Å². The Labute approximate surface area is 138 Å². The Balaban J connectivity index is 1.63. The van der Waals surface area contributed by atoms with Crippen LogP contribution < -0.4 is 20.7 Å². The van der Waals surface area contributed by atoms with Crippen molar-refractivity contribution in [1.29, 1.82) is 0 Å². The van der Waals surface area contributed by atoms with Gasteiger partial charge >= 0.3 is 0 Å². The van der Waals surface area contributed by atoms with E-state index in [-0.39, 0.29) is 23.9 Å². The molecule has 1 aromatic carbocycles. The van der Waals surface area contributed by atoms with Crippen molar-refractivity contribution in [2.45, 2.75) is 44.2 Å². The van der Waals surface area contributed by atoms with Crippen LogP contribution in [0.4, 0.5) is 5.69 Å². The third-order valence-electron chi connectivity index (χ3n) is 5.10. The van der Waals surface area contributed by atoms with Gasteiger partial charge in [-0.3, -0.25) is 4.79 Å². The summed E-state index contributed by atoms with van der Waals surface area (Å²) in [4.78, 5) is 14.8. The molecule has 2 aliphatic rings. The van der Waals surface area contributed by atoms with Crippen LogP contribution >= 0.6 is 0 Å². The maximum atomic E-state index is 12.5. The molecule has 1 aliphatic heterocycles. The molecular weight excluding hydrogens is 290 g/mol. The highest BCUT2D eigenvalue weighted by atomic mass is 16.5. The largest absolute Gasteiger partial charge is 0.495 e. The maximum Gasteiger partial charge on any atom is 0.224 e. The van der Waals surface area contributed by atoms with Crippen LogP contribution in [0.3, 0.4) is 0 Å². The molecule has 1 heterocycles. The number of para-hydroxylation sites is 2. The molecule has 126 valence electrons. The second kappa shape index (κ2) is 7.21. The number of amides is 1. The van der Waals surface area contributed by atoms with Gasteiger partial charge in [0.1, 0.15) is 5.75 Å². The Bertz CT molecular complexity index is 549. The molecule has 0 aromatic heterocycles.